The molecule has 8 heteroatoms. The van der Waals surface area contributed by atoms with E-state index in [9.17, 15) is 14.4 Å². The van der Waals surface area contributed by atoms with Crippen LogP contribution in [0.2, 0.25) is 0 Å². The summed E-state index contributed by atoms with van der Waals surface area (Å²) in [5.41, 5.74) is 4.98. The van der Waals surface area contributed by atoms with Crippen LogP contribution in [0.1, 0.15) is 19.8 Å². The van der Waals surface area contributed by atoms with Crippen LogP contribution in [0.3, 0.4) is 0 Å². The van der Waals surface area contributed by atoms with Gasteiger partial charge in [-0.05, 0) is 18.1 Å². The number of carbonyl (C=O) groups is 3. The molecule has 25 heavy (non-hydrogen) atoms. The van der Waals surface area contributed by atoms with Gasteiger partial charge in [-0.15, -0.1) is 0 Å². The molecule has 0 bridgehead atoms. The molecule has 2 heterocycles. The Labute approximate surface area is 147 Å². The van der Waals surface area contributed by atoms with Gasteiger partial charge in [0.15, 0.2) is 0 Å². The molecule has 3 N–H and O–H groups in total. The van der Waals surface area contributed by atoms with E-state index < -0.39 is 5.91 Å². The summed E-state index contributed by atoms with van der Waals surface area (Å²) in [4.78, 5) is 43.0. The number of hydrogen-bond acceptors (Lipinski definition) is 5. The number of aromatic nitrogens is 1. The maximum atomic E-state index is 12.4. The minimum atomic E-state index is -0.581. The molecule has 1 unspecified atom stereocenters. The first-order chi connectivity index (χ1) is 12.0. The van der Waals surface area contributed by atoms with Gasteiger partial charge in [0.2, 0.25) is 17.7 Å². The van der Waals surface area contributed by atoms with Crippen molar-refractivity contribution in [2.75, 3.05) is 37.6 Å². The molecule has 1 aliphatic rings. The number of anilines is 1. The number of hydrogen-bond donors (Lipinski definition) is 2. The fourth-order valence-electron chi connectivity index (χ4n) is 2.80. The van der Waals surface area contributed by atoms with Gasteiger partial charge >= 0.3 is 0 Å². The summed E-state index contributed by atoms with van der Waals surface area (Å²) in [6.45, 7) is 4.47. The topological polar surface area (TPSA) is 109 Å². The van der Waals surface area contributed by atoms with Crippen molar-refractivity contribution < 1.29 is 14.4 Å². The Hall–Kier alpha value is -2.64. The standard InChI is InChI=1S/C17H25N5O3/c1-13(10-16(24)20-12-14(18)23)11-17(25)22-8-6-21(7-9-22)15-4-2-3-5-19-15/h2-5,13H,6-12H2,1H3,(H2,18,23)(H,20,24). The molecule has 136 valence electrons. The molecule has 1 aromatic rings. The van der Waals surface area contributed by atoms with E-state index in [1.165, 1.54) is 0 Å². The van der Waals surface area contributed by atoms with E-state index in [1.807, 2.05) is 30.0 Å². The number of carbonyl (C=O) groups excluding carboxylic acids is 3. The van der Waals surface area contributed by atoms with Crippen LogP contribution in [0, 0.1) is 5.92 Å². The van der Waals surface area contributed by atoms with Crippen LogP contribution >= 0.6 is 0 Å². The average Bonchev–Trinajstić information content (AvgIpc) is 2.60. The molecule has 8 nitrogen and oxygen atoms in total. The van der Waals surface area contributed by atoms with Crippen LogP contribution in [0.5, 0.6) is 0 Å². The third kappa shape index (κ3) is 6.06. The molecule has 0 radical (unpaired) electrons. The number of nitrogens with one attached hydrogen (secondary N) is 1. The predicted octanol–water partition coefficient (Wildman–Crippen LogP) is -0.252. The van der Waals surface area contributed by atoms with Crippen LogP contribution in [-0.4, -0.2) is 60.3 Å². The number of amides is 3. The Morgan fingerprint density at radius 2 is 1.92 bits per heavy atom. The third-order valence-electron chi connectivity index (χ3n) is 4.12. The molecule has 3 amide bonds. The van der Waals surface area contributed by atoms with Crippen LogP contribution in [0.25, 0.3) is 0 Å². The maximum absolute atomic E-state index is 12.4. The second-order valence-electron chi connectivity index (χ2n) is 6.31. The normalized spacial score (nSPS) is 15.6. The van der Waals surface area contributed by atoms with Crippen LogP contribution in [-0.2, 0) is 14.4 Å². The highest BCUT2D eigenvalue weighted by molar-refractivity contribution is 5.84. The molecule has 1 atom stereocenters. The molecule has 0 saturated carbocycles. The minimum absolute atomic E-state index is 0.0517. The number of nitrogens with zero attached hydrogens (tertiary/aromatic N) is 3. The first-order valence-corrected chi connectivity index (χ1v) is 8.44. The molecule has 0 aromatic carbocycles. The van der Waals surface area contributed by atoms with Gasteiger partial charge in [0.1, 0.15) is 5.82 Å². The Kier molecular flexibility index (Phi) is 6.73. The first kappa shape index (κ1) is 18.7. The quantitative estimate of drug-likeness (QED) is 0.707. The van der Waals surface area contributed by atoms with Gasteiger partial charge in [0.25, 0.3) is 0 Å². The number of rotatable bonds is 7. The monoisotopic (exact) mass is 347 g/mol. The maximum Gasteiger partial charge on any atom is 0.236 e. The van der Waals surface area contributed by atoms with Gasteiger partial charge in [-0.25, -0.2) is 4.98 Å². The third-order valence-corrected chi connectivity index (χ3v) is 4.12. The van der Waals surface area contributed by atoms with Crippen LogP contribution < -0.4 is 16.0 Å². The molecular formula is C17H25N5O3. The molecule has 1 aliphatic heterocycles. The second-order valence-corrected chi connectivity index (χ2v) is 6.31. The summed E-state index contributed by atoms with van der Waals surface area (Å²) in [5, 5.41) is 2.44. The lowest BCUT2D eigenvalue weighted by molar-refractivity contribution is -0.133. The van der Waals surface area contributed by atoms with E-state index >= 15 is 0 Å². The van der Waals surface area contributed by atoms with Crippen molar-refractivity contribution in [3.63, 3.8) is 0 Å². The van der Waals surface area contributed by atoms with E-state index in [0.717, 1.165) is 18.9 Å². The van der Waals surface area contributed by atoms with E-state index in [0.29, 0.717) is 19.5 Å². The fourth-order valence-corrected chi connectivity index (χ4v) is 2.80. The van der Waals surface area contributed by atoms with E-state index in [4.69, 9.17) is 5.73 Å². The van der Waals surface area contributed by atoms with Crippen molar-refractivity contribution in [2.45, 2.75) is 19.8 Å². The van der Waals surface area contributed by atoms with Gasteiger partial charge in [0.05, 0.1) is 6.54 Å². The van der Waals surface area contributed by atoms with Gasteiger partial charge in [-0.2, -0.15) is 0 Å². The lowest BCUT2D eigenvalue weighted by Crippen LogP contribution is -2.49. The molecule has 2 rings (SSSR count). The number of primary amides is 1. The van der Waals surface area contributed by atoms with Crippen LogP contribution in [0.15, 0.2) is 24.4 Å². The molecule has 0 aliphatic carbocycles. The molecule has 1 fully saturated rings. The lowest BCUT2D eigenvalue weighted by atomic mass is 10.0. The SMILES string of the molecule is CC(CC(=O)NCC(N)=O)CC(=O)N1CCN(c2ccccn2)CC1. The summed E-state index contributed by atoms with van der Waals surface area (Å²) >= 11 is 0. The summed E-state index contributed by atoms with van der Waals surface area (Å²) in [7, 11) is 0. The van der Waals surface area contributed by atoms with Crippen molar-refractivity contribution in [1.82, 2.24) is 15.2 Å². The number of piperazine rings is 1. The van der Waals surface area contributed by atoms with E-state index in [-0.39, 0.29) is 30.7 Å². The van der Waals surface area contributed by atoms with Crippen molar-refractivity contribution in [2.24, 2.45) is 11.7 Å². The predicted molar refractivity (Wildman–Crippen MR) is 93.6 cm³/mol. The van der Waals surface area contributed by atoms with Gasteiger partial charge in [-0.3, -0.25) is 14.4 Å². The Morgan fingerprint density at radius 3 is 2.52 bits per heavy atom. The molecule has 1 aromatic heterocycles. The molecule has 1 saturated heterocycles. The fraction of sp³-hybridized carbons (Fsp3) is 0.529. The Morgan fingerprint density at radius 1 is 1.20 bits per heavy atom. The van der Waals surface area contributed by atoms with Gasteiger partial charge in [-0.1, -0.05) is 13.0 Å². The van der Waals surface area contributed by atoms with E-state index in [1.54, 1.807) is 6.20 Å². The number of nitrogens with two attached hydrogens (primary N) is 1. The largest absolute Gasteiger partial charge is 0.368 e. The smallest absolute Gasteiger partial charge is 0.236 e. The zero-order chi connectivity index (χ0) is 18.2. The minimum Gasteiger partial charge on any atom is -0.368 e. The summed E-state index contributed by atoms with van der Waals surface area (Å²) in [5.74, 6) is 0.0427. The van der Waals surface area contributed by atoms with Crippen molar-refractivity contribution in [3.8, 4) is 0 Å². The highest BCUT2D eigenvalue weighted by Crippen LogP contribution is 2.15. The van der Waals surface area contributed by atoms with Crippen molar-refractivity contribution >= 4 is 23.5 Å². The molecule has 0 spiro atoms. The zero-order valence-corrected chi connectivity index (χ0v) is 14.5. The van der Waals surface area contributed by atoms with Gasteiger partial charge < -0.3 is 20.9 Å². The average molecular weight is 347 g/mol. The van der Waals surface area contributed by atoms with Crippen molar-refractivity contribution in [3.05, 3.63) is 24.4 Å². The zero-order valence-electron chi connectivity index (χ0n) is 14.5. The highest BCUT2D eigenvalue weighted by Gasteiger charge is 2.23. The Bertz CT molecular complexity index is 600. The highest BCUT2D eigenvalue weighted by atomic mass is 16.2. The molecular weight excluding hydrogens is 322 g/mol. The van der Waals surface area contributed by atoms with Gasteiger partial charge in [0, 0.05) is 45.2 Å². The Balaban J connectivity index is 1.73. The summed E-state index contributed by atoms with van der Waals surface area (Å²) in [6.07, 6.45) is 2.28. The van der Waals surface area contributed by atoms with Crippen LogP contribution in [0.4, 0.5) is 5.82 Å². The van der Waals surface area contributed by atoms with Crippen molar-refractivity contribution in [1.29, 1.82) is 0 Å². The number of pyridine rings is 1. The lowest BCUT2D eigenvalue weighted by Gasteiger charge is -2.35. The summed E-state index contributed by atoms with van der Waals surface area (Å²) < 4.78 is 0. The summed E-state index contributed by atoms with van der Waals surface area (Å²) in [6, 6.07) is 5.79. The van der Waals surface area contributed by atoms with E-state index in [2.05, 4.69) is 15.2 Å². The first-order valence-electron chi connectivity index (χ1n) is 8.44. The second kappa shape index (κ2) is 9.00.